The van der Waals surface area contributed by atoms with Crippen molar-refractivity contribution in [1.82, 2.24) is 25.1 Å². The van der Waals surface area contributed by atoms with Gasteiger partial charge in [0.15, 0.2) is 17.3 Å². The number of fused-ring (bicyclic) bond motifs is 2. The highest BCUT2D eigenvalue weighted by atomic mass is 35.5. The fourth-order valence-corrected chi connectivity index (χ4v) is 5.38. The van der Waals surface area contributed by atoms with Crippen molar-refractivity contribution in [3.8, 4) is 17.2 Å². The fraction of sp³-hybridized carbons (Fsp3) is 0.423. The number of hydrogen-bond donors (Lipinski definition) is 0. The van der Waals surface area contributed by atoms with Gasteiger partial charge in [0.1, 0.15) is 6.04 Å². The van der Waals surface area contributed by atoms with E-state index in [9.17, 15) is 0 Å². The Morgan fingerprint density at radius 3 is 2.72 bits per heavy atom. The van der Waals surface area contributed by atoms with Gasteiger partial charge >= 0.3 is 0 Å². The van der Waals surface area contributed by atoms with Crippen LogP contribution >= 0.6 is 23.2 Å². The van der Waals surface area contributed by atoms with Crippen LogP contribution in [-0.4, -0.2) is 52.6 Å². The number of aromatic nitrogens is 4. The Bertz CT molecular complexity index is 1320. The third-order valence-electron chi connectivity index (χ3n) is 6.73. The van der Waals surface area contributed by atoms with Crippen LogP contribution in [0, 0.1) is 5.41 Å². The molecule has 0 saturated carbocycles. The summed E-state index contributed by atoms with van der Waals surface area (Å²) in [5.41, 5.74) is 2.82. The monoisotopic (exact) mass is 529 g/mol. The Morgan fingerprint density at radius 1 is 1.19 bits per heavy atom. The van der Waals surface area contributed by atoms with E-state index in [1.807, 2.05) is 22.9 Å². The minimum atomic E-state index is -0.231. The van der Waals surface area contributed by atoms with Gasteiger partial charge in [0, 0.05) is 22.2 Å². The van der Waals surface area contributed by atoms with Crippen molar-refractivity contribution in [3.05, 3.63) is 62.9 Å². The van der Waals surface area contributed by atoms with Crippen LogP contribution in [-0.2, 0) is 6.42 Å². The second kappa shape index (κ2) is 9.57. The molecule has 2 aliphatic heterocycles. The molecule has 2 aliphatic rings. The van der Waals surface area contributed by atoms with Gasteiger partial charge in [0.2, 0.25) is 12.5 Å². The number of benzene rings is 2. The molecule has 0 N–H and O–H groups in total. The zero-order valence-electron chi connectivity index (χ0n) is 21.0. The molecule has 10 heteroatoms. The van der Waals surface area contributed by atoms with Crippen molar-refractivity contribution in [3.63, 3.8) is 0 Å². The van der Waals surface area contributed by atoms with Crippen LogP contribution in [0.15, 0.2) is 30.3 Å². The molecular formula is C26H29Cl2N5O3. The molecule has 36 heavy (non-hydrogen) atoms. The smallest absolute Gasteiger partial charge is 0.231 e. The number of allylic oxidation sites excluding steroid dienone is 1. The molecule has 0 unspecified atom stereocenters. The zero-order valence-corrected chi connectivity index (χ0v) is 22.5. The van der Waals surface area contributed by atoms with Gasteiger partial charge in [-0.3, -0.25) is 4.90 Å². The normalized spacial score (nSPS) is 18.5. The highest BCUT2D eigenvalue weighted by Gasteiger charge is 2.39. The molecule has 5 rings (SSSR count). The van der Waals surface area contributed by atoms with Crippen molar-refractivity contribution in [1.29, 1.82) is 0 Å². The average Bonchev–Trinajstić information content (AvgIpc) is 3.48. The van der Waals surface area contributed by atoms with E-state index in [1.165, 1.54) is 0 Å². The van der Waals surface area contributed by atoms with Crippen LogP contribution in [0.3, 0.4) is 0 Å². The Labute approximate surface area is 220 Å². The number of halogens is 2. The molecule has 2 atom stereocenters. The molecular weight excluding hydrogens is 501 g/mol. The molecule has 0 amide bonds. The topological polar surface area (TPSA) is 74.5 Å². The lowest BCUT2D eigenvalue weighted by atomic mass is 9.85. The van der Waals surface area contributed by atoms with Gasteiger partial charge in [0.05, 0.1) is 13.2 Å². The summed E-state index contributed by atoms with van der Waals surface area (Å²) in [5, 5.41) is 14.3. The number of nitrogens with zero attached hydrogens (tertiary/aromatic N) is 5. The van der Waals surface area contributed by atoms with Crippen LogP contribution in [0.25, 0.3) is 6.08 Å². The minimum absolute atomic E-state index is 0.159. The Balaban J connectivity index is 1.61. The fourth-order valence-electron chi connectivity index (χ4n) is 4.91. The summed E-state index contributed by atoms with van der Waals surface area (Å²) in [5.74, 6) is 2.73. The average molecular weight is 530 g/mol. The largest absolute Gasteiger partial charge is 0.492 e. The van der Waals surface area contributed by atoms with Gasteiger partial charge in [-0.2, -0.15) is 0 Å². The van der Waals surface area contributed by atoms with Crippen LogP contribution in [0.4, 0.5) is 0 Å². The maximum absolute atomic E-state index is 6.43. The van der Waals surface area contributed by atoms with Crippen LogP contribution < -0.4 is 14.2 Å². The van der Waals surface area contributed by atoms with Gasteiger partial charge in [-0.05, 0) is 58.6 Å². The standard InChI is InChI=1S/C26H29Cl2N5O3/c1-26(2,3)20(9-7-15-6-8-17(27)13-18(15)28)33-25(29-30-31-33)22-21-16(10-11-32(22)4)12-19-23(24(21)34-5)36-14-35-19/h6-9,12-13,20,22H,10-11,14H2,1-5H3/b9-7+/t20-,22-/m1/s1. The summed E-state index contributed by atoms with van der Waals surface area (Å²) >= 11 is 12.5. The number of methoxy groups -OCH3 is 1. The summed E-state index contributed by atoms with van der Waals surface area (Å²) in [6.07, 6.45) is 4.95. The van der Waals surface area contributed by atoms with E-state index in [2.05, 4.69) is 60.4 Å². The molecule has 0 saturated heterocycles. The molecule has 0 bridgehead atoms. The summed E-state index contributed by atoms with van der Waals surface area (Å²) < 4.78 is 19.2. The van der Waals surface area contributed by atoms with Crippen molar-refractivity contribution < 1.29 is 14.2 Å². The van der Waals surface area contributed by atoms with Gasteiger partial charge < -0.3 is 14.2 Å². The first-order valence-electron chi connectivity index (χ1n) is 11.8. The maximum atomic E-state index is 6.43. The predicted molar refractivity (Wildman–Crippen MR) is 139 cm³/mol. The Kier molecular flexibility index (Phi) is 6.61. The van der Waals surface area contributed by atoms with E-state index in [0.29, 0.717) is 27.3 Å². The third kappa shape index (κ3) is 4.42. The molecule has 8 nitrogen and oxygen atoms in total. The number of hydrogen-bond acceptors (Lipinski definition) is 7. The van der Waals surface area contributed by atoms with Gasteiger partial charge in [-0.15, -0.1) is 5.10 Å². The second-order valence-corrected chi connectivity index (χ2v) is 11.0. The van der Waals surface area contributed by atoms with Crippen molar-refractivity contribution in [2.24, 2.45) is 5.41 Å². The summed E-state index contributed by atoms with van der Waals surface area (Å²) in [6, 6.07) is 7.13. The molecule has 0 fully saturated rings. The number of ether oxygens (including phenoxy) is 3. The van der Waals surface area contributed by atoms with Crippen LogP contribution in [0.1, 0.15) is 55.4 Å². The summed E-state index contributed by atoms with van der Waals surface area (Å²) in [4.78, 5) is 2.24. The Hall–Kier alpha value is -2.81. The maximum Gasteiger partial charge on any atom is 0.231 e. The van der Waals surface area contributed by atoms with E-state index in [-0.39, 0.29) is 24.3 Å². The first-order chi connectivity index (χ1) is 17.2. The highest BCUT2D eigenvalue weighted by molar-refractivity contribution is 6.35. The van der Waals surface area contributed by atoms with Crippen molar-refractivity contribution >= 4 is 29.3 Å². The minimum Gasteiger partial charge on any atom is -0.492 e. The predicted octanol–water partition coefficient (Wildman–Crippen LogP) is 5.60. The van der Waals surface area contributed by atoms with E-state index in [0.717, 1.165) is 35.5 Å². The molecule has 0 spiro atoms. The quantitative estimate of drug-likeness (QED) is 0.426. The first kappa shape index (κ1) is 24.9. The van der Waals surface area contributed by atoms with Crippen LogP contribution in [0.2, 0.25) is 10.0 Å². The van der Waals surface area contributed by atoms with E-state index in [4.69, 9.17) is 37.4 Å². The van der Waals surface area contributed by atoms with Crippen molar-refractivity contribution in [2.75, 3.05) is 27.5 Å². The molecule has 3 heterocycles. The molecule has 2 aromatic carbocycles. The zero-order chi connectivity index (χ0) is 25.6. The lowest BCUT2D eigenvalue weighted by Gasteiger charge is -2.36. The molecule has 0 aliphatic carbocycles. The highest BCUT2D eigenvalue weighted by Crippen LogP contribution is 2.51. The SMILES string of the molecule is COc1c2c(cc3c1[C@H](c1nnnn1[C@H](/C=C/c1ccc(Cl)cc1Cl)C(C)(C)C)N(C)CC3)OCO2. The number of tetrazole rings is 1. The molecule has 0 radical (unpaired) electrons. The molecule has 3 aromatic rings. The van der Waals surface area contributed by atoms with Gasteiger partial charge in [0.25, 0.3) is 0 Å². The lowest BCUT2D eigenvalue weighted by Crippen LogP contribution is -2.36. The summed E-state index contributed by atoms with van der Waals surface area (Å²) in [6.45, 7) is 7.50. The first-order valence-corrected chi connectivity index (χ1v) is 12.5. The van der Waals surface area contributed by atoms with E-state index >= 15 is 0 Å². The van der Waals surface area contributed by atoms with Gasteiger partial charge in [-0.25, -0.2) is 4.68 Å². The Morgan fingerprint density at radius 2 is 2.00 bits per heavy atom. The molecule has 1 aromatic heterocycles. The van der Waals surface area contributed by atoms with Crippen LogP contribution in [0.5, 0.6) is 17.2 Å². The molecule has 190 valence electrons. The lowest BCUT2D eigenvalue weighted by molar-refractivity contribution is 0.170. The summed E-state index contributed by atoms with van der Waals surface area (Å²) in [7, 11) is 3.73. The number of rotatable bonds is 5. The van der Waals surface area contributed by atoms with Gasteiger partial charge in [-0.1, -0.05) is 62.2 Å². The third-order valence-corrected chi connectivity index (χ3v) is 7.29. The van der Waals surface area contributed by atoms with E-state index in [1.54, 1.807) is 13.2 Å². The second-order valence-electron chi connectivity index (χ2n) is 10.2. The number of likely N-dealkylation sites (N-methyl/N-ethyl adjacent to an activating group) is 1. The van der Waals surface area contributed by atoms with E-state index < -0.39 is 0 Å². The van der Waals surface area contributed by atoms with Crippen molar-refractivity contribution in [2.45, 2.75) is 39.3 Å².